The summed E-state index contributed by atoms with van der Waals surface area (Å²) in [5.41, 5.74) is 5.50. The number of aromatic carboxylic acids is 1. The number of benzene rings is 2. The van der Waals surface area contributed by atoms with Gasteiger partial charge in [0.2, 0.25) is 0 Å². The number of fused-ring (bicyclic) bond motifs is 4. The second kappa shape index (κ2) is 19.1. The summed E-state index contributed by atoms with van der Waals surface area (Å²) in [5.74, 6) is -0.620. The molecule has 4 atom stereocenters. The van der Waals surface area contributed by atoms with E-state index in [0.29, 0.717) is 80.4 Å². The first-order valence-corrected chi connectivity index (χ1v) is 23.7. The fourth-order valence-electron chi connectivity index (χ4n) is 10.5. The van der Waals surface area contributed by atoms with E-state index in [1.54, 1.807) is 6.20 Å². The largest absolute Gasteiger partial charge is 0.476 e. The lowest BCUT2D eigenvalue weighted by Gasteiger charge is -2.55. The summed E-state index contributed by atoms with van der Waals surface area (Å²) >= 11 is 1.43. The lowest BCUT2D eigenvalue weighted by molar-refractivity contribution is -0.116. The van der Waals surface area contributed by atoms with Crippen molar-refractivity contribution in [3.63, 3.8) is 0 Å². The smallest absolute Gasteiger partial charge is 0.355 e. The Kier molecular flexibility index (Phi) is 14.0. The van der Waals surface area contributed by atoms with Crippen LogP contribution in [0.2, 0.25) is 0 Å². The van der Waals surface area contributed by atoms with Crippen molar-refractivity contribution in [3.8, 4) is 11.1 Å². The fraction of sp³-hybridized carbons (Fsp3) is 0.500. The van der Waals surface area contributed by atoms with E-state index in [0.717, 1.165) is 64.7 Å². The lowest BCUT2D eigenvalue weighted by Crippen LogP contribution is -2.49. The number of ether oxygens (including phenoxy) is 2. The molecule has 0 spiro atoms. The molecular formula is C46H59N7O8S2. The highest BCUT2D eigenvalue weighted by atomic mass is 32.2. The summed E-state index contributed by atoms with van der Waals surface area (Å²) < 4.78 is 45.8. The quantitative estimate of drug-likeness (QED) is 0.0529. The van der Waals surface area contributed by atoms with Gasteiger partial charge in [-0.1, -0.05) is 56.9 Å². The number of hydrogen-bond acceptors (Lipinski definition) is 12. The number of rotatable bonds is 17. The zero-order valence-electron chi connectivity index (χ0n) is 35.4. The van der Waals surface area contributed by atoms with Crippen LogP contribution in [0.15, 0.2) is 60.8 Å². The molecule has 5 aromatic rings. The van der Waals surface area contributed by atoms with Gasteiger partial charge in [0.15, 0.2) is 10.8 Å². The summed E-state index contributed by atoms with van der Waals surface area (Å²) in [7, 11) is -3.99. The van der Waals surface area contributed by atoms with Gasteiger partial charge in [-0.15, -0.1) is 0 Å². The Bertz CT molecular complexity index is 2530. The number of nitrogens with zero attached hydrogens (tertiary/aromatic N) is 5. The molecule has 2 aromatic carbocycles. The van der Waals surface area contributed by atoms with Crippen LogP contribution in [0.1, 0.15) is 91.0 Å². The van der Waals surface area contributed by atoms with Crippen molar-refractivity contribution >= 4 is 54.5 Å². The molecule has 2 aliphatic carbocycles. The molecule has 1 amide bonds. The Hall–Kier alpha value is -4.78. The predicted molar refractivity (Wildman–Crippen MR) is 245 cm³/mol. The average Bonchev–Trinajstić information content (AvgIpc) is 3.79. The molecular weight excluding hydrogens is 843 g/mol. The zero-order valence-corrected chi connectivity index (χ0v) is 37.1. The topological polar surface area (TPSA) is 198 Å². The molecule has 4 N–H and O–H groups in total. The SMILES string of the molecule is C.Cc1c(-c2ccc(N3CCc4cccc(C(=O)Nc5nc6ccccc6s5)c4C3)nc2C(=O)O)cnn1CC12CC(C)CC(C)(CC(OCCOCCNCCS(=O)(=O)O)C1)C2. The number of hydrogen-bond donors (Lipinski definition) is 4. The Morgan fingerprint density at radius 1 is 0.984 bits per heavy atom. The summed E-state index contributed by atoms with van der Waals surface area (Å²) in [6.45, 7) is 10.3. The van der Waals surface area contributed by atoms with Gasteiger partial charge in [-0.05, 0) is 104 Å². The minimum Gasteiger partial charge on any atom is -0.476 e. The second-order valence-corrected chi connectivity index (χ2v) is 20.4. The molecule has 0 saturated heterocycles. The molecule has 2 saturated carbocycles. The normalized spacial score (nSPS) is 22.1. The fourth-order valence-corrected chi connectivity index (χ4v) is 11.8. The van der Waals surface area contributed by atoms with Crippen molar-refractivity contribution in [2.24, 2.45) is 16.7 Å². The van der Waals surface area contributed by atoms with Crippen molar-refractivity contribution in [2.75, 3.05) is 55.4 Å². The Morgan fingerprint density at radius 3 is 2.60 bits per heavy atom. The third-order valence-corrected chi connectivity index (χ3v) is 14.3. The standard InChI is InChI=1S/C45H55N7O8S2.CH4/c1-29-21-44(3)23-32(60-19-18-59-17-14-46-15-20-62(56,57)58)24-45(22-29,27-44)28-52-30(2)35(25-47-52)33-11-12-39(49-40(33)42(54)55)51-16-13-31-7-6-8-34(36(31)26-51)41(53)50-43-48-37-9-4-5-10-38(37)61-43;/h4-12,25,29,32,46H,13-24,26-28H2,1-3H3,(H,54,55)(H,48,50,53)(H,56,57,58);1H4. The minimum absolute atomic E-state index is 0. The maximum Gasteiger partial charge on any atom is 0.355 e. The van der Waals surface area contributed by atoms with E-state index < -0.39 is 16.1 Å². The maximum atomic E-state index is 13.6. The van der Waals surface area contributed by atoms with E-state index in [4.69, 9.17) is 24.1 Å². The van der Waals surface area contributed by atoms with Gasteiger partial charge in [0.1, 0.15) is 5.82 Å². The van der Waals surface area contributed by atoms with Gasteiger partial charge in [0, 0.05) is 55.1 Å². The molecule has 338 valence electrons. The highest BCUT2D eigenvalue weighted by Gasteiger charge is 2.51. The van der Waals surface area contributed by atoms with Crippen molar-refractivity contribution in [1.82, 2.24) is 25.1 Å². The number of nitrogens with one attached hydrogen (secondary N) is 2. The highest BCUT2D eigenvalue weighted by Crippen LogP contribution is 2.58. The molecule has 2 fully saturated rings. The number of pyridine rings is 1. The summed E-state index contributed by atoms with van der Waals surface area (Å²) in [4.78, 5) is 37.9. The average molecular weight is 902 g/mol. The molecule has 4 heterocycles. The van der Waals surface area contributed by atoms with Crippen molar-refractivity contribution < 1.29 is 37.1 Å². The van der Waals surface area contributed by atoms with Crippen LogP contribution < -0.4 is 15.5 Å². The van der Waals surface area contributed by atoms with Crippen molar-refractivity contribution in [1.29, 1.82) is 0 Å². The third kappa shape index (κ3) is 10.8. The van der Waals surface area contributed by atoms with E-state index in [9.17, 15) is 23.1 Å². The van der Waals surface area contributed by atoms with Crippen molar-refractivity contribution in [3.05, 3.63) is 88.9 Å². The van der Waals surface area contributed by atoms with E-state index in [2.05, 4.69) is 29.5 Å². The molecule has 2 bridgehead atoms. The number of thiazole rings is 1. The monoisotopic (exact) mass is 901 g/mol. The van der Waals surface area contributed by atoms with Crippen LogP contribution >= 0.6 is 11.3 Å². The number of carbonyl (C=O) groups excluding carboxylic acids is 1. The van der Waals surface area contributed by atoms with Crippen LogP contribution in [0.5, 0.6) is 0 Å². The first kappa shape index (κ1) is 46.2. The Labute approximate surface area is 373 Å². The zero-order chi connectivity index (χ0) is 43.6. The molecule has 63 heavy (non-hydrogen) atoms. The number of aromatic nitrogens is 4. The predicted octanol–water partition coefficient (Wildman–Crippen LogP) is 7.50. The summed E-state index contributed by atoms with van der Waals surface area (Å²) in [5, 5.41) is 21.9. The number of carboxylic acids is 1. The summed E-state index contributed by atoms with van der Waals surface area (Å²) in [6, 6.07) is 17.2. The van der Waals surface area contributed by atoms with E-state index in [1.165, 1.54) is 11.3 Å². The van der Waals surface area contributed by atoms with Crippen LogP contribution in [0.4, 0.5) is 10.9 Å². The van der Waals surface area contributed by atoms with Gasteiger partial charge in [0.05, 0.1) is 48.1 Å². The van der Waals surface area contributed by atoms with Crippen molar-refractivity contribution in [2.45, 2.75) is 85.9 Å². The van der Waals surface area contributed by atoms with Gasteiger partial charge < -0.3 is 24.8 Å². The van der Waals surface area contributed by atoms with Gasteiger partial charge in [0.25, 0.3) is 16.0 Å². The van der Waals surface area contributed by atoms with E-state index in [-0.39, 0.29) is 48.3 Å². The molecule has 3 aromatic heterocycles. The first-order chi connectivity index (χ1) is 29.7. The Balaban J connectivity index is 0.00000595. The molecule has 0 radical (unpaired) electrons. The number of amides is 1. The molecule has 8 rings (SSSR count). The summed E-state index contributed by atoms with van der Waals surface area (Å²) in [6.07, 6.45) is 7.60. The van der Waals surface area contributed by atoms with Crippen LogP contribution in [0.3, 0.4) is 0 Å². The minimum atomic E-state index is -3.99. The highest BCUT2D eigenvalue weighted by molar-refractivity contribution is 7.85. The molecule has 1 aliphatic heterocycles. The van der Waals surface area contributed by atoms with Gasteiger partial charge in [-0.3, -0.25) is 19.3 Å². The lowest BCUT2D eigenvalue weighted by atomic mass is 9.52. The molecule has 17 heteroatoms. The van der Waals surface area contributed by atoms with Gasteiger partial charge in [-0.25, -0.2) is 14.8 Å². The number of para-hydroxylation sites is 1. The van der Waals surface area contributed by atoms with Crippen LogP contribution in [0.25, 0.3) is 21.3 Å². The maximum absolute atomic E-state index is 13.6. The molecule has 4 unspecified atom stereocenters. The van der Waals surface area contributed by atoms with Crippen LogP contribution in [0, 0.1) is 23.7 Å². The first-order valence-electron chi connectivity index (χ1n) is 21.3. The molecule has 15 nitrogen and oxygen atoms in total. The molecule has 3 aliphatic rings. The van der Waals surface area contributed by atoms with Crippen LogP contribution in [-0.2, 0) is 39.1 Å². The van der Waals surface area contributed by atoms with Gasteiger partial charge >= 0.3 is 5.97 Å². The van der Waals surface area contributed by atoms with Gasteiger partial charge in [-0.2, -0.15) is 13.5 Å². The van der Waals surface area contributed by atoms with E-state index in [1.807, 2.05) is 71.1 Å². The third-order valence-electron chi connectivity index (χ3n) is 12.7. The van der Waals surface area contributed by atoms with Crippen LogP contribution in [-0.4, -0.2) is 101 Å². The van der Waals surface area contributed by atoms with E-state index >= 15 is 0 Å². The number of carboxylic acid groups (broad SMARTS) is 1. The number of anilines is 2. The Morgan fingerprint density at radius 2 is 1.81 bits per heavy atom. The second-order valence-electron chi connectivity index (χ2n) is 17.8. The number of carbonyl (C=O) groups is 2.